The van der Waals surface area contributed by atoms with Crippen LogP contribution in [-0.4, -0.2) is 46.1 Å². The standard InChI is InChI=1S/C16H36N.C6H5N3/c1-5-9-13-17(14-10-6-2,15-11-7-3)16-12-8-4;1-2-4-6-5(3-1)7-9-8-6/h5-16H2,1-4H3;1-4H,(H,7,8,9)/q+1;. The minimum absolute atomic E-state index is 0.914. The average Bonchev–Trinajstić information content (AvgIpc) is 3.16. The van der Waals surface area contributed by atoms with Crippen LogP contribution in [0.15, 0.2) is 24.3 Å². The van der Waals surface area contributed by atoms with Crippen LogP contribution in [0, 0.1) is 0 Å². The molecule has 0 aliphatic heterocycles. The molecular weight excluding hydrogens is 320 g/mol. The van der Waals surface area contributed by atoms with Gasteiger partial charge in [-0.1, -0.05) is 70.7 Å². The first kappa shape index (κ1) is 22.6. The number of nitrogens with one attached hydrogen (secondary N) is 1. The molecule has 0 aliphatic carbocycles. The minimum atomic E-state index is 0.914. The molecule has 4 heteroatoms. The maximum Gasteiger partial charge on any atom is 0.112 e. The Morgan fingerprint density at radius 1 is 0.731 bits per heavy atom. The molecule has 0 radical (unpaired) electrons. The summed E-state index contributed by atoms with van der Waals surface area (Å²) in [6.45, 7) is 15.0. The van der Waals surface area contributed by atoms with Gasteiger partial charge >= 0.3 is 0 Å². The van der Waals surface area contributed by atoms with Crippen LogP contribution in [0.1, 0.15) is 79.1 Å². The fourth-order valence-corrected chi connectivity index (χ4v) is 3.43. The van der Waals surface area contributed by atoms with Gasteiger partial charge in [-0.3, -0.25) is 5.10 Å². The predicted octanol–water partition coefficient (Wildman–Crippen LogP) is 5.96. The fraction of sp³-hybridized carbons (Fsp3) is 0.727. The molecule has 1 aromatic heterocycles. The van der Waals surface area contributed by atoms with Crippen LogP contribution in [0.25, 0.3) is 11.0 Å². The lowest BCUT2D eigenvalue weighted by atomic mass is 10.1. The zero-order chi connectivity index (χ0) is 19.1. The second-order valence-corrected chi connectivity index (χ2v) is 7.48. The largest absolute Gasteiger partial charge is 0.324 e. The van der Waals surface area contributed by atoms with Crippen LogP contribution in [0.2, 0.25) is 0 Å². The fourth-order valence-electron chi connectivity index (χ4n) is 3.43. The Hall–Kier alpha value is -1.42. The van der Waals surface area contributed by atoms with Crippen LogP contribution in [0.5, 0.6) is 0 Å². The molecule has 0 saturated carbocycles. The zero-order valence-corrected chi connectivity index (χ0v) is 17.6. The van der Waals surface area contributed by atoms with Crippen LogP contribution in [0.3, 0.4) is 0 Å². The Labute approximate surface area is 161 Å². The van der Waals surface area contributed by atoms with E-state index in [0.717, 1.165) is 11.0 Å². The first-order valence-electron chi connectivity index (χ1n) is 10.8. The maximum absolute atomic E-state index is 3.81. The summed E-state index contributed by atoms with van der Waals surface area (Å²) in [5, 5.41) is 10.2. The number of H-pyrrole nitrogens is 1. The van der Waals surface area contributed by atoms with E-state index in [1.165, 1.54) is 82.0 Å². The van der Waals surface area contributed by atoms with Gasteiger partial charge in [-0.2, -0.15) is 0 Å². The van der Waals surface area contributed by atoms with E-state index in [2.05, 4.69) is 43.1 Å². The number of nitrogens with zero attached hydrogens (tertiary/aromatic N) is 3. The van der Waals surface area contributed by atoms with Crippen LogP contribution in [0.4, 0.5) is 0 Å². The van der Waals surface area contributed by atoms with E-state index >= 15 is 0 Å². The summed E-state index contributed by atoms with van der Waals surface area (Å²) in [5.41, 5.74) is 1.90. The summed E-state index contributed by atoms with van der Waals surface area (Å²) in [5.74, 6) is 0. The quantitative estimate of drug-likeness (QED) is 0.474. The van der Waals surface area contributed by atoms with E-state index in [9.17, 15) is 0 Å². The molecule has 26 heavy (non-hydrogen) atoms. The molecule has 4 nitrogen and oxygen atoms in total. The first-order valence-corrected chi connectivity index (χ1v) is 10.8. The van der Waals surface area contributed by atoms with Crippen molar-refractivity contribution in [1.29, 1.82) is 0 Å². The van der Waals surface area contributed by atoms with Crippen molar-refractivity contribution in [3.05, 3.63) is 24.3 Å². The molecule has 1 heterocycles. The molecule has 148 valence electrons. The van der Waals surface area contributed by atoms with E-state index in [1.54, 1.807) is 0 Å². The number of hydrogen-bond donors (Lipinski definition) is 1. The van der Waals surface area contributed by atoms with Crippen molar-refractivity contribution in [2.75, 3.05) is 26.2 Å². The summed E-state index contributed by atoms with van der Waals surface area (Å²) in [7, 11) is 0. The van der Waals surface area contributed by atoms with Gasteiger partial charge in [-0.05, 0) is 37.8 Å². The molecular formula is C22H41N4+. The molecule has 2 rings (SSSR count). The second-order valence-electron chi connectivity index (χ2n) is 7.48. The molecule has 1 aromatic carbocycles. The number of benzene rings is 1. The van der Waals surface area contributed by atoms with Crippen molar-refractivity contribution >= 4 is 11.0 Å². The molecule has 0 aliphatic rings. The molecule has 0 bridgehead atoms. The molecule has 2 aromatic rings. The number of para-hydroxylation sites is 1. The first-order chi connectivity index (χ1) is 12.7. The van der Waals surface area contributed by atoms with Gasteiger partial charge in [0.05, 0.1) is 31.7 Å². The van der Waals surface area contributed by atoms with Gasteiger partial charge in [0.25, 0.3) is 0 Å². The maximum atomic E-state index is 3.81. The van der Waals surface area contributed by atoms with E-state index in [4.69, 9.17) is 0 Å². The Morgan fingerprint density at radius 3 is 1.62 bits per heavy atom. The Morgan fingerprint density at radius 2 is 1.19 bits per heavy atom. The van der Waals surface area contributed by atoms with Gasteiger partial charge in [0.2, 0.25) is 0 Å². The van der Waals surface area contributed by atoms with Crippen molar-refractivity contribution in [1.82, 2.24) is 15.4 Å². The molecule has 0 atom stereocenters. The minimum Gasteiger partial charge on any atom is -0.324 e. The van der Waals surface area contributed by atoms with Gasteiger partial charge in [0, 0.05) is 0 Å². The smallest absolute Gasteiger partial charge is 0.112 e. The number of fused-ring (bicyclic) bond motifs is 1. The highest BCUT2D eigenvalue weighted by Crippen LogP contribution is 2.16. The van der Waals surface area contributed by atoms with Crippen molar-refractivity contribution in [2.24, 2.45) is 0 Å². The summed E-state index contributed by atoms with van der Waals surface area (Å²) in [6.07, 6.45) is 11.1. The zero-order valence-electron chi connectivity index (χ0n) is 17.6. The van der Waals surface area contributed by atoms with E-state index in [1.807, 2.05) is 24.3 Å². The molecule has 0 amide bonds. The molecule has 0 spiro atoms. The van der Waals surface area contributed by atoms with E-state index in [0.29, 0.717) is 0 Å². The van der Waals surface area contributed by atoms with Gasteiger partial charge < -0.3 is 4.48 Å². The number of quaternary nitrogens is 1. The molecule has 0 fully saturated rings. The Bertz CT molecular complexity index is 496. The van der Waals surface area contributed by atoms with Gasteiger partial charge in [-0.15, -0.1) is 5.10 Å². The number of aromatic amines is 1. The summed E-state index contributed by atoms with van der Waals surface area (Å²) < 4.78 is 1.42. The number of rotatable bonds is 12. The average molecular weight is 362 g/mol. The third-order valence-electron chi connectivity index (χ3n) is 5.18. The van der Waals surface area contributed by atoms with Crippen LogP contribution < -0.4 is 0 Å². The van der Waals surface area contributed by atoms with Gasteiger partial charge in [0.1, 0.15) is 5.52 Å². The third-order valence-corrected chi connectivity index (χ3v) is 5.18. The Balaban J connectivity index is 0.000000308. The highest BCUT2D eigenvalue weighted by atomic mass is 15.3. The number of unbranched alkanes of at least 4 members (excludes halogenated alkanes) is 4. The highest BCUT2D eigenvalue weighted by molar-refractivity contribution is 5.72. The van der Waals surface area contributed by atoms with E-state index in [-0.39, 0.29) is 0 Å². The van der Waals surface area contributed by atoms with Crippen molar-refractivity contribution < 1.29 is 4.48 Å². The van der Waals surface area contributed by atoms with Crippen molar-refractivity contribution in [3.63, 3.8) is 0 Å². The number of aromatic nitrogens is 3. The second kappa shape index (κ2) is 13.7. The molecule has 0 saturated heterocycles. The highest BCUT2D eigenvalue weighted by Gasteiger charge is 2.24. The monoisotopic (exact) mass is 361 g/mol. The third kappa shape index (κ3) is 8.31. The Kier molecular flexibility index (Phi) is 12.0. The van der Waals surface area contributed by atoms with Crippen LogP contribution in [-0.2, 0) is 0 Å². The molecule has 0 unspecified atom stereocenters. The van der Waals surface area contributed by atoms with E-state index < -0.39 is 0 Å². The summed E-state index contributed by atoms with van der Waals surface area (Å²) >= 11 is 0. The van der Waals surface area contributed by atoms with Crippen molar-refractivity contribution in [3.8, 4) is 0 Å². The predicted molar refractivity (Wildman–Crippen MR) is 113 cm³/mol. The lowest BCUT2D eigenvalue weighted by Gasteiger charge is -2.39. The van der Waals surface area contributed by atoms with Crippen LogP contribution >= 0.6 is 0 Å². The summed E-state index contributed by atoms with van der Waals surface area (Å²) in [4.78, 5) is 0. The summed E-state index contributed by atoms with van der Waals surface area (Å²) in [6, 6.07) is 7.74. The van der Waals surface area contributed by atoms with Gasteiger partial charge in [0.15, 0.2) is 0 Å². The lowest BCUT2D eigenvalue weighted by Crippen LogP contribution is -2.50. The SMILES string of the molecule is CCCC[N+](CCCC)(CCCC)CCCC.c1ccc2[nH]nnc2c1. The van der Waals surface area contributed by atoms with Crippen molar-refractivity contribution in [2.45, 2.75) is 79.1 Å². The molecule has 1 N–H and O–H groups in total. The lowest BCUT2D eigenvalue weighted by molar-refractivity contribution is -0.929. The number of hydrogen-bond acceptors (Lipinski definition) is 2. The normalized spacial score (nSPS) is 11.4. The van der Waals surface area contributed by atoms with Gasteiger partial charge in [-0.25, -0.2) is 0 Å². The topological polar surface area (TPSA) is 41.6 Å².